The van der Waals surface area contributed by atoms with Gasteiger partial charge in [0, 0.05) is 31.7 Å². The van der Waals surface area contributed by atoms with Crippen LogP contribution in [0.4, 0.5) is 0 Å². The Morgan fingerprint density at radius 1 is 1.53 bits per heavy atom. The van der Waals surface area contributed by atoms with E-state index >= 15 is 0 Å². The van der Waals surface area contributed by atoms with Gasteiger partial charge in [-0.15, -0.1) is 11.6 Å². The van der Waals surface area contributed by atoms with Gasteiger partial charge in [0.25, 0.3) is 5.91 Å². The number of nitrogens with zero attached hydrogens (tertiary/aromatic N) is 2. The molecular weight excluding hydrogens is 242 g/mol. The normalized spacial score (nSPS) is 16.5. The summed E-state index contributed by atoms with van der Waals surface area (Å²) in [6.45, 7) is 3.16. The molecule has 17 heavy (non-hydrogen) atoms. The second-order valence-electron chi connectivity index (χ2n) is 3.60. The molecule has 0 unspecified atom stereocenters. The van der Waals surface area contributed by atoms with Gasteiger partial charge in [-0.05, 0) is 6.42 Å². The first kappa shape index (κ1) is 13.8. The van der Waals surface area contributed by atoms with Crippen molar-refractivity contribution in [2.75, 3.05) is 38.7 Å². The lowest BCUT2D eigenvalue weighted by molar-refractivity contribution is -0.117. The van der Waals surface area contributed by atoms with Crippen LogP contribution in [0.1, 0.15) is 6.42 Å². The maximum absolute atomic E-state index is 11.6. The Balaban J connectivity index is 2.48. The van der Waals surface area contributed by atoms with Crippen LogP contribution in [0.2, 0.25) is 0 Å². The van der Waals surface area contributed by atoms with Crippen molar-refractivity contribution in [2.24, 2.45) is 0 Å². The van der Waals surface area contributed by atoms with Crippen molar-refractivity contribution in [1.29, 1.82) is 5.26 Å². The Morgan fingerprint density at radius 2 is 2.24 bits per heavy atom. The third-order valence-corrected chi connectivity index (χ3v) is 2.59. The standard InChI is InChI=1S/C11H16ClN3O2/c12-2-1-3-14-11(16)10(8-13)9-15-4-6-17-7-5-15/h9H,1-7H2,(H,14,16)/b10-9-. The fraction of sp³-hybridized carbons (Fsp3) is 0.636. The van der Waals surface area contributed by atoms with Crippen molar-refractivity contribution in [3.05, 3.63) is 11.8 Å². The summed E-state index contributed by atoms with van der Waals surface area (Å²) in [5, 5.41) is 11.6. The van der Waals surface area contributed by atoms with E-state index in [1.807, 2.05) is 11.0 Å². The number of rotatable bonds is 5. The monoisotopic (exact) mass is 257 g/mol. The van der Waals surface area contributed by atoms with E-state index in [4.69, 9.17) is 21.6 Å². The molecule has 1 heterocycles. The number of halogens is 1. The van der Waals surface area contributed by atoms with Crippen LogP contribution in [-0.2, 0) is 9.53 Å². The van der Waals surface area contributed by atoms with Crippen LogP contribution < -0.4 is 5.32 Å². The number of nitrogens with one attached hydrogen (secondary N) is 1. The number of carbonyl (C=O) groups excluding carboxylic acids is 1. The van der Waals surface area contributed by atoms with Crippen molar-refractivity contribution >= 4 is 17.5 Å². The van der Waals surface area contributed by atoms with Crippen LogP contribution in [-0.4, -0.2) is 49.5 Å². The topological polar surface area (TPSA) is 65.4 Å². The Hall–Kier alpha value is -1.25. The summed E-state index contributed by atoms with van der Waals surface area (Å²) in [5.74, 6) is 0.152. The maximum Gasteiger partial charge on any atom is 0.263 e. The summed E-state index contributed by atoms with van der Waals surface area (Å²) < 4.78 is 5.19. The van der Waals surface area contributed by atoms with Gasteiger partial charge in [-0.2, -0.15) is 5.26 Å². The molecule has 0 aromatic carbocycles. The van der Waals surface area contributed by atoms with Crippen LogP contribution in [0.5, 0.6) is 0 Å². The molecule has 1 saturated heterocycles. The first-order valence-electron chi connectivity index (χ1n) is 5.56. The lowest BCUT2D eigenvalue weighted by Crippen LogP contribution is -2.34. The molecule has 1 N–H and O–H groups in total. The first-order chi connectivity index (χ1) is 8.27. The average molecular weight is 258 g/mol. The van der Waals surface area contributed by atoms with Gasteiger partial charge in [0.2, 0.25) is 0 Å². The van der Waals surface area contributed by atoms with Gasteiger partial charge in [0.1, 0.15) is 11.6 Å². The van der Waals surface area contributed by atoms with E-state index < -0.39 is 0 Å². The molecule has 0 radical (unpaired) electrons. The summed E-state index contributed by atoms with van der Waals surface area (Å²) in [6.07, 6.45) is 2.29. The number of hydrogen-bond donors (Lipinski definition) is 1. The largest absolute Gasteiger partial charge is 0.378 e. The second kappa shape index (κ2) is 7.93. The van der Waals surface area contributed by atoms with E-state index in [0.717, 1.165) is 0 Å². The van der Waals surface area contributed by atoms with Gasteiger partial charge in [-0.25, -0.2) is 0 Å². The number of hydrogen-bond acceptors (Lipinski definition) is 4. The quantitative estimate of drug-likeness (QED) is 0.337. The molecule has 5 nitrogen and oxygen atoms in total. The van der Waals surface area contributed by atoms with E-state index in [1.54, 1.807) is 6.20 Å². The molecule has 0 atom stereocenters. The molecule has 94 valence electrons. The number of morpholine rings is 1. The Kier molecular flexibility index (Phi) is 6.45. The van der Waals surface area contributed by atoms with E-state index in [9.17, 15) is 4.79 Å². The first-order valence-corrected chi connectivity index (χ1v) is 6.09. The highest BCUT2D eigenvalue weighted by Crippen LogP contribution is 2.02. The predicted octanol–water partition coefficient (Wildman–Crippen LogP) is 0.471. The molecule has 1 aliphatic rings. The smallest absolute Gasteiger partial charge is 0.263 e. The zero-order valence-corrected chi connectivity index (χ0v) is 10.4. The van der Waals surface area contributed by atoms with E-state index in [2.05, 4.69) is 5.32 Å². The SMILES string of the molecule is N#C/C(=C/N1CCOCC1)C(=O)NCCCCl. The minimum absolute atomic E-state index is 0.126. The molecular formula is C11H16ClN3O2. The minimum Gasteiger partial charge on any atom is -0.378 e. The highest BCUT2D eigenvalue weighted by Gasteiger charge is 2.12. The van der Waals surface area contributed by atoms with Crippen molar-refractivity contribution in [1.82, 2.24) is 10.2 Å². The minimum atomic E-state index is -0.343. The summed E-state index contributed by atoms with van der Waals surface area (Å²) in [7, 11) is 0. The van der Waals surface area contributed by atoms with E-state index in [0.29, 0.717) is 45.1 Å². The Morgan fingerprint density at radius 3 is 2.82 bits per heavy atom. The maximum atomic E-state index is 11.6. The highest BCUT2D eigenvalue weighted by molar-refractivity contribution is 6.17. The predicted molar refractivity (Wildman–Crippen MR) is 64.4 cm³/mol. The summed E-state index contributed by atoms with van der Waals surface area (Å²) in [5.41, 5.74) is 0.126. The van der Waals surface area contributed by atoms with Gasteiger partial charge in [-0.3, -0.25) is 4.79 Å². The second-order valence-corrected chi connectivity index (χ2v) is 3.98. The number of ether oxygens (including phenoxy) is 1. The van der Waals surface area contributed by atoms with Gasteiger partial charge < -0.3 is 15.0 Å². The number of alkyl halides is 1. The average Bonchev–Trinajstić information content (AvgIpc) is 2.37. The third kappa shape index (κ3) is 5.07. The molecule has 1 fully saturated rings. The lowest BCUT2D eigenvalue weighted by atomic mass is 10.2. The van der Waals surface area contributed by atoms with Gasteiger partial charge in [0.15, 0.2) is 0 Å². The number of carbonyl (C=O) groups is 1. The van der Waals surface area contributed by atoms with Crippen LogP contribution in [0.25, 0.3) is 0 Å². The van der Waals surface area contributed by atoms with Crippen LogP contribution in [0.3, 0.4) is 0 Å². The van der Waals surface area contributed by atoms with Gasteiger partial charge in [-0.1, -0.05) is 0 Å². The summed E-state index contributed by atoms with van der Waals surface area (Å²) >= 11 is 5.50. The van der Waals surface area contributed by atoms with Gasteiger partial charge in [0.05, 0.1) is 13.2 Å². The zero-order valence-electron chi connectivity index (χ0n) is 9.62. The molecule has 1 rings (SSSR count). The Labute approximate surface area is 106 Å². The number of amides is 1. The summed E-state index contributed by atoms with van der Waals surface area (Å²) in [4.78, 5) is 13.5. The molecule has 0 aliphatic carbocycles. The molecule has 1 amide bonds. The molecule has 0 bridgehead atoms. The van der Waals surface area contributed by atoms with Gasteiger partial charge >= 0.3 is 0 Å². The lowest BCUT2D eigenvalue weighted by Gasteiger charge is -2.25. The fourth-order valence-corrected chi connectivity index (χ4v) is 1.53. The third-order valence-electron chi connectivity index (χ3n) is 2.32. The molecule has 6 heteroatoms. The molecule has 0 aromatic heterocycles. The van der Waals surface area contributed by atoms with E-state index in [1.165, 1.54) is 0 Å². The van der Waals surface area contributed by atoms with Crippen molar-refractivity contribution in [3.63, 3.8) is 0 Å². The van der Waals surface area contributed by atoms with E-state index in [-0.39, 0.29) is 11.5 Å². The highest BCUT2D eigenvalue weighted by atomic mass is 35.5. The van der Waals surface area contributed by atoms with Crippen LogP contribution in [0, 0.1) is 11.3 Å². The fourth-order valence-electron chi connectivity index (χ4n) is 1.39. The van der Waals surface area contributed by atoms with Crippen LogP contribution >= 0.6 is 11.6 Å². The van der Waals surface area contributed by atoms with Crippen LogP contribution in [0.15, 0.2) is 11.8 Å². The zero-order chi connectivity index (χ0) is 12.5. The molecule has 0 spiro atoms. The molecule has 0 aromatic rings. The number of nitriles is 1. The Bertz CT molecular complexity index is 319. The van der Waals surface area contributed by atoms with Crippen molar-refractivity contribution < 1.29 is 9.53 Å². The molecule has 1 aliphatic heterocycles. The van der Waals surface area contributed by atoms with Crippen molar-refractivity contribution in [3.8, 4) is 6.07 Å². The van der Waals surface area contributed by atoms with Crippen molar-refractivity contribution in [2.45, 2.75) is 6.42 Å². The molecule has 0 saturated carbocycles. The summed E-state index contributed by atoms with van der Waals surface area (Å²) in [6, 6.07) is 1.91.